The normalized spacial score (nSPS) is 11.4. The molecule has 0 amide bonds. The van der Waals surface area contributed by atoms with Gasteiger partial charge in [0.25, 0.3) is 0 Å². The second-order valence-electron chi connectivity index (χ2n) is 4.83. The van der Waals surface area contributed by atoms with Crippen molar-refractivity contribution in [1.82, 2.24) is 5.43 Å². The van der Waals surface area contributed by atoms with Gasteiger partial charge in [0, 0.05) is 5.69 Å². The van der Waals surface area contributed by atoms with E-state index in [0.717, 1.165) is 12.1 Å². The predicted octanol–water partition coefficient (Wildman–Crippen LogP) is 3.74. The van der Waals surface area contributed by atoms with Gasteiger partial charge in [-0.05, 0) is 54.2 Å². The summed E-state index contributed by atoms with van der Waals surface area (Å²) in [5.41, 5.74) is 2.53. The summed E-state index contributed by atoms with van der Waals surface area (Å²) < 4.78 is 42.9. The second-order valence-corrected chi connectivity index (χ2v) is 5.24. The van der Waals surface area contributed by atoms with Gasteiger partial charge >= 0.3 is 6.18 Å². The van der Waals surface area contributed by atoms with Crippen LogP contribution in [0.4, 0.5) is 18.9 Å². The van der Waals surface area contributed by atoms with Gasteiger partial charge in [-0.15, -0.1) is 0 Å². The van der Waals surface area contributed by atoms with E-state index in [2.05, 4.69) is 15.8 Å². The van der Waals surface area contributed by atoms with Gasteiger partial charge in [0.1, 0.15) is 0 Å². The maximum atomic E-state index is 12.7. The van der Waals surface area contributed by atoms with Crippen molar-refractivity contribution in [3.63, 3.8) is 0 Å². The summed E-state index contributed by atoms with van der Waals surface area (Å²) in [5, 5.41) is 16.0. The van der Waals surface area contributed by atoms with E-state index in [1.165, 1.54) is 31.5 Å². The van der Waals surface area contributed by atoms with Gasteiger partial charge < -0.3 is 15.2 Å². The Morgan fingerprint density at radius 2 is 2.00 bits per heavy atom. The minimum atomic E-state index is -4.43. The summed E-state index contributed by atoms with van der Waals surface area (Å²) in [6.07, 6.45) is -3.01. The van der Waals surface area contributed by atoms with Gasteiger partial charge in [0.05, 0.1) is 18.9 Å². The van der Waals surface area contributed by atoms with Crippen molar-refractivity contribution in [1.29, 1.82) is 0 Å². The van der Waals surface area contributed by atoms with E-state index in [1.54, 1.807) is 12.1 Å². The van der Waals surface area contributed by atoms with Crippen LogP contribution in [0.2, 0.25) is 0 Å². The average molecular weight is 369 g/mol. The highest BCUT2D eigenvalue weighted by Gasteiger charge is 2.30. The molecular weight excluding hydrogens is 355 g/mol. The Bertz CT molecular complexity index is 794. The first kappa shape index (κ1) is 18.5. The van der Waals surface area contributed by atoms with E-state index < -0.39 is 11.7 Å². The first-order chi connectivity index (χ1) is 11.8. The fraction of sp³-hybridized carbons (Fsp3) is 0.125. The van der Waals surface area contributed by atoms with Crippen LogP contribution < -0.4 is 15.5 Å². The molecule has 132 valence electrons. The number of methoxy groups -OCH3 is 1. The van der Waals surface area contributed by atoms with E-state index in [0.29, 0.717) is 5.56 Å². The molecule has 25 heavy (non-hydrogen) atoms. The number of hydrogen-bond donors (Lipinski definition) is 3. The average Bonchev–Trinajstić information content (AvgIpc) is 2.56. The van der Waals surface area contributed by atoms with E-state index in [4.69, 9.17) is 17.0 Å². The molecular formula is C16H14F3N3O2S. The van der Waals surface area contributed by atoms with E-state index in [9.17, 15) is 18.3 Å². The number of alkyl halides is 3. The number of hydrazone groups is 1. The smallest absolute Gasteiger partial charge is 0.416 e. The number of hydrogen-bond acceptors (Lipinski definition) is 4. The Labute approximate surface area is 147 Å². The van der Waals surface area contributed by atoms with Crippen molar-refractivity contribution in [2.24, 2.45) is 5.10 Å². The summed E-state index contributed by atoms with van der Waals surface area (Å²) in [6.45, 7) is 0. The zero-order valence-electron chi connectivity index (χ0n) is 13.0. The number of benzene rings is 2. The second kappa shape index (κ2) is 7.84. The molecule has 3 N–H and O–H groups in total. The van der Waals surface area contributed by atoms with Crippen molar-refractivity contribution in [2.75, 3.05) is 12.4 Å². The van der Waals surface area contributed by atoms with Crippen molar-refractivity contribution in [2.45, 2.75) is 6.18 Å². The minimum absolute atomic E-state index is 0.00524. The molecule has 0 spiro atoms. The molecule has 0 aliphatic rings. The van der Waals surface area contributed by atoms with Crippen molar-refractivity contribution >= 4 is 29.2 Å². The van der Waals surface area contributed by atoms with E-state index in [1.807, 2.05) is 0 Å². The van der Waals surface area contributed by atoms with Gasteiger partial charge in [-0.2, -0.15) is 18.3 Å². The molecule has 0 radical (unpaired) electrons. The van der Waals surface area contributed by atoms with Crippen LogP contribution >= 0.6 is 12.2 Å². The SMILES string of the molecule is COc1cc(/C=N/NC(=S)Nc2cccc(C(F)(F)F)c2)ccc1O. The first-order valence-corrected chi connectivity index (χ1v) is 7.35. The number of halogens is 3. The molecule has 2 aromatic rings. The third-order valence-electron chi connectivity index (χ3n) is 3.03. The highest BCUT2D eigenvalue weighted by atomic mass is 32.1. The lowest BCUT2D eigenvalue weighted by molar-refractivity contribution is -0.137. The summed E-state index contributed by atoms with van der Waals surface area (Å²) >= 11 is 4.98. The first-order valence-electron chi connectivity index (χ1n) is 6.94. The van der Waals surface area contributed by atoms with Crippen molar-refractivity contribution in [3.05, 3.63) is 53.6 Å². The van der Waals surface area contributed by atoms with Crippen LogP contribution in [-0.2, 0) is 6.18 Å². The molecule has 0 atom stereocenters. The zero-order chi connectivity index (χ0) is 18.4. The molecule has 5 nitrogen and oxygen atoms in total. The molecule has 0 saturated carbocycles. The molecule has 0 aliphatic heterocycles. The Morgan fingerprint density at radius 3 is 2.68 bits per heavy atom. The lowest BCUT2D eigenvalue weighted by Gasteiger charge is -2.10. The van der Waals surface area contributed by atoms with Gasteiger partial charge in [-0.1, -0.05) is 6.07 Å². The van der Waals surface area contributed by atoms with Crippen LogP contribution in [0.3, 0.4) is 0 Å². The van der Waals surface area contributed by atoms with Crippen LogP contribution in [0.5, 0.6) is 11.5 Å². The zero-order valence-corrected chi connectivity index (χ0v) is 13.8. The molecule has 0 heterocycles. The summed E-state index contributed by atoms with van der Waals surface area (Å²) in [5.74, 6) is 0.281. The van der Waals surface area contributed by atoms with Crippen LogP contribution in [0.15, 0.2) is 47.6 Å². The number of anilines is 1. The number of ether oxygens (including phenoxy) is 1. The van der Waals surface area contributed by atoms with Gasteiger partial charge in [-0.25, -0.2) is 0 Å². The molecule has 0 fully saturated rings. The minimum Gasteiger partial charge on any atom is -0.504 e. The quantitative estimate of drug-likeness (QED) is 0.435. The monoisotopic (exact) mass is 369 g/mol. The number of nitrogens with one attached hydrogen (secondary N) is 2. The third-order valence-corrected chi connectivity index (χ3v) is 3.22. The Hall–Kier alpha value is -2.81. The fourth-order valence-electron chi connectivity index (χ4n) is 1.87. The van der Waals surface area contributed by atoms with Crippen LogP contribution in [0, 0.1) is 0 Å². The third kappa shape index (κ3) is 5.35. The van der Waals surface area contributed by atoms with E-state index in [-0.39, 0.29) is 22.3 Å². The van der Waals surface area contributed by atoms with Gasteiger partial charge in [0.2, 0.25) is 0 Å². The number of phenols is 1. The number of nitrogens with zero attached hydrogens (tertiary/aromatic N) is 1. The number of thiocarbonyl (C=S) groups is 1. The molecule has 2 rings (SSSR count). The van der Waals surface area contributed by atoms with E-state index >= 15 is 0 Å². The largest absolute Gasteiger partial charge is 0.504 e. The molecule has 0 saturated heterocycles. The maximum absolute atomic E-state index is 12.7. The molecule has 0 aromatic heterocycles. The molecule has 0 bridgehead atoms. The van der Waals surface area contributed by atoms with Crippen molar-refractivity contribution in [3.8, 4) is 11.5 Å². The van der Waals surface area contributed by atoms with Crippen molar-refractivity contribution < 1.29 is 23.0 Å². The Balaban J connectivity index is 1.97. The fourth-order valence-corrected chi connectivity index (χ4v) is 2.04. The van der Waals surface area contributed by atoms with Gasteiger partial charge in [-0.3, -0.25) is 5.43 Å². The summed E-state index contributed by atoms with van der Waals surface area (Å²) in [6, 6.07) is 9.26. The lowest BCUT2D eigenvalue weighted by Crippen LogP contribution is -2.24. The number of aromatic hydroxyl groups is 1. The predicted molar refractivity (Wildman–Crippen MR) is 93.1 cm³/mol. The standard InChI is InChI=1S/C16H14F3N3O2S/c1-24-14-7-10(5-6-13(14)23)9-20-22-15(25)21-12-4-2-3-11(8-12)16(17,18)19/h2-9,23H,1H3,(H2,21,22,25)/b20-9+. The molecule has 0 aliphatic carbocycles. The van der Waals surface area contributed by atoms with Gasteiger partial charge in [0.15, 0.2) is 16.6 Å². The Kier molecular flexibility index (Phi) is 5.81. The lowest BCUT2D eigenvalue weighted by atomic mass is 10.2. The molecule has 0 unspecified atom stereocenters. The summed E-state index contributed by atoms with van der Waals surface area (Å²) in [4.78, 5) is 0. The maximum Gasteiger partial charge on any atom is 0.416 e. The van der Waals surface area contributed by atoms with Crippen LogP contribution in [0.25, 0.3) is 0 Å². The number of phenolic OH excluding ortho intramolecular Hbond substituents is 1. The summed E-state index contributed by atoms with van der Waals surface area (Å²) in [7, 11) is 1.42. The Morgan fingerprint density at radius 1 is 1.24 bits per heavy atom. The highest BCUT2D eigenvalue weighted by Crippen LogP contribution is 2.30. The topological polar surface area (TPSA) is 65.9 Å². The van der Waals surface area contributed by atoms with Crippen LogP contribution in [0.1, 0.15) is 11.1 Å². The highest BCUT2D eigenvalue weighted by molar-refractivity contribution is 7.80. The molecule has 2 aromatic carbocycles. The number of rotatable bonds is 4. The molecule has 9 heteroatoms. The van der Waals surface area contributed by atoms with Crippen LogP contribution in [-0.4, -0.2) is 23.5 Å².